The summed E-state index contributed by atoms with van der Waals surface area (Å²) in [5.74, 6) is 0.572. The van der Waals surface area contributed by atoms with E-state index in [9.17, 15) is 8.42 Å². The molecule has 0 bridgehead atoms. The van der Waals surface area contributed by atoms with Gasteiger partial charge in [0.25, 0.3) is 10.0 Å². The van der Waals surface area contributed by atoms with Crippen molar-refractivity contribution in [3.63, 3.8) is 0 Å². The summed E-state index contributed by atoms with van der Waals surface area (Å²) in [6, 6.07) is 0. The van der Waals surface area contributed by atoms with E-state index in [4.69, 9.17) is 10.2 Å². The van der Waals surface area contributed by atoms with Crippen LogP contribution in [0, 0.1) is 6.92 Å². The van der Waals surface area contributed by atoms with Crippen molar-refractivity contribution in [3.05, 3.63) is 12.0 Å². The van der Waals surface area contributed by atoms with Crippen molar-refractivity contribution in [2.45, 2.75) is 18.1 Å². The molecule has 1 atom stereocenters. The van der Waals surface area contributed by atoms with Gasteiger partial charge in [0, 0.05) is 19.8 Å². The van der Waals surface area contributed by atoms with Crippen LogP contribution in [0.15, 0.2) is 11.2 Å². The van der Waals surface area contributed by atoms with Crippen LogP contribution >= 0.6 is 0 Å². The van der Waals surface area contributed by atoms with Crippen LogP contribution in [0.5, 0.6) is 0 Å². The lowest BCUT2D eigenvalue weighted by Gasteiger charge is -2.07. The van der Waals surface area contributed by atoms with Crippen LogP contribution in [0.1, 0.15) is 5.82 Å². The lowest BCUT2D eigenvalue weighted by atomic mass is 10.4. The second-order valence-electron chi connectivity index (χ2n) is 3.43. The van der Waals surface area contributed by atoms with E-state index in [0.717, 1.165) is 0 Å². The maximum Gasteiger partial charge on any atom is 0.259 e. The Morgan fingerprint density at radius 2 is 2.25 bits per heavy atom. The smallest absolute Gasteiger partial charge is 0.259 e. The number of aryl methyl sites for hydroxylation is 2. The summed E-state index contributed by atoms with van der Waals surface area (Å²) in [6.07, 6.45) is 0.266. The number of aliphatic hydroxyl groups excluding tert-OH is 2. The van der Waals surface area contributed by atoms with E-state index in [-0.39, 0.29) is 11.6 Å². The molecule has 1 aromatic rings. The summed E-state index contributed by atoms with van der Waals surface area (Å²) >= 11 is 0. The number of sulfonamides is 1. The minimum absolute atomic E-state index is 0.0994. The minimum atomic E-state index is -3.72. The monoisotopic (exact) mass is 249 g/mol. The Hall–Kier alpha value is -0.960. The van der Waals surface area contributed by atoms with Crippen molar-refractivity contribution in [1.29, 1.82) is 0 Å². The summed E-state index contributed by atoms with van der Waals surface area (Å²) in [5, 5.41) is 17.5. The summed E-state index contributed by atoms with van der Waals surface area (Å²) in [4.78, 5) is 3.85. The van der Waals surface area contributed by atoms with Gasteiger partial charge in [-0.1, -0.05) is 0 Å². The first-order chi connectivity index (χ1) is 7.36. The maximum absolute atomic E-state index is 11.6. The molecule has 0 radical (unpaired) electrons. The molecule has 0 aliphatic heterocycles. The Balaban J connectivity index is 2.78. The van der Waals surface area contributed by atoms with Gasteiger partial charge in [0.1, 0.15) is 5.82 Å². The fraction of sp³-hybridized carbons (Fsp3) is 0.625. The molecule has 92 valence electrons. The summed E-state index contributed by atoms with van der Waals surface area (Å²) in [6.45, 7) is 0.944. The molecular formula is C8H15N3O4S. The maximum atomic E-state index is 11.6. The highest BCUT2D eigenvalue weighted by atomic mass is 32.2. The molecule has 0 amide bonds. The first-order valence-corrected chi connectivity index (χ1v) is 6.13. The fourth-order valence-electron chi connectivity index (χ4n) is 1.00. The molecule has 16 heavy (non-hydrogen) atoms. The lowest BCUT2D eigenvalue weighted by molar-refractivity contribution is 0.0988. The second-order valence-corrected chi connectivity index (χ2v) is 5.14. The molecule has 0 aromatic carbocycles. The van der Waals surface area contributed by atoms with Crippen LogP contribution in [0.4, 0.5) is 0 Å². The van der Waals surface area contributed by atoms with Crippen LogP contribution in [-0.2, 0) is 17.1 Å². The fourth-order valence-corrected chi connectivity index (χ4v) is 2.11. The molecule has 0 spiro atoms. The highest BCUT2D eigenvalue weighted by Crippen LogP contribution is 2.07. The quantitative estimate of drug-likeness (QED) is 0.580. The number of imidazole rings is 1. The number of nitrogens with one attached hydrogen (secondary N) is 1. The van der Waals surface area contributed by atoms with E-state index in [0.29, 0.717) is 5.82 Å². The number of hydrogen-bond acceptors (Lipinski definition) is 5. The zero-order chi connectivity index (χ0) is 12.3. The third-order valence-electron chi connectivity index (χ3n) is 2.08. The third-order valence-corrected chi connectivity index (χ3v) is 3.38. The van der Waals surface area contributed by atoms with Crippen LogP contribution in [0.2, 0.25) is 0 Å². The average molecular weight is 249 g/mol. The van der Waals surface area contributed by atoms with E-state index in [1.165, 1.54) is 6.20 Å². The number of nitrogens with zero attached hydrogens (tertiary/aromatic N) is 2. The first kappa shape index (κ1) is 13.1. The topological polar surface area (TPSA) is 104 Å². The first-order valence-electron chi connectivity index (χ1n) is 4.65. The Morgan fingerprint density at radius 1 is 1.62 bits per heavy atom. The van der Waals surface area contributed by atoms with Crippen LogP contribution in [-0.4, -0.2) is 47.4 Å². The van der Waals surface area contributed by atoms with E-state index < -0.39 is 22.7 Å². The largest absolute Gasteiger partial charge is 0.394 e. The Bertz CT molecular complexity index is 434. The molecule has 7 nitrogen and oxygen atoms in total. The molecule has 1 heterocycles. The van der Waals surface area contributed by atoms with Gasteiger partial charge in [-0.3, -0.25) is 0 Å². The molecular weight excluding hydrogens is 234 g/mol. The Kier molecular flexibility index (Phi) is 4.03. The van der Waals surface area contributed by atoms with Crippen LogP contribution in [0.25, 0.3) is 0 Å². The molecule has 0 aliphatic carbocycles. The van der Waals surface area contributed by atoms with Gasteiger partial charge in [0.05, 0.1) is 12.7 Å². The van der Waals surface area contributed by atoms with Gasteiger partial charge in [-0.15, -0.1) is 0 Å². The van der Waals surface area contributed by atoms with Gasteiger partial charge in [-0.25, -0.2) is 18.1 Å². The lowest BCUT2D eigenvalue weighted by Crippen LogP contribution is -2.34. The van der Waals surface area contributed by atoms with Crippen molar-refractivity contribution in [2.75, 3.05) is 13.2 Å². The number of rotatable bonds is 5. The zero-order valence-electron chi connectivity index (χ0n) is 9.08. The normalized spacial score (nSPS) is 14.0. The summed E-state index contributed by atoms with van der Waals surface area (Å²) < 4.78 is 27.0. The predicted molar refractivity (Wildman–Crippen MR) is 56.2 cm³/mol. The molecule has 1 rings (SSSR count). The van der Waals surface area contributed by atoms with Gasteiger partial charge in [0.15, 0.2) is 5.03 Å². The van der Waals surface area contributed by atoms with Crippen LogP contribution in [0.3, 0.4) is 0 Å². The number of aliphatic hydroxyl groups is 2. The molecule has 8 heteroatoms. The van der Waals surface area contributed by atoms with Crippen molar-refractivity contribution in [1.82, 2.24) is 14.3 Å². The highest BCUT2D eigenvalue weighted by molar-refractivity contribution is 7.89. The second kappa shape index (κ2) is 4.91. The van der Waals surface area contributed by atoms with Gasteiger partial charge in [-0.2, -0.15) is 0 Å². The molecule has 1 unspecified atom stereocenters. The molecule has 0 aliphatic rings. The Labute approximate surface area is 93.8 Å². The molecule has 0 saturated carbocycles. The molecule has 1 aromatic heterocycles. The van der Waals surface area contributed by atoms with Crippen molar-refractivity contribution >= 4 is 10.0 Å². The average Bonchev–Trinajstić information content (AvgIpc) is 2.56. The van der Waals surface area contributed by atoms with Crippen molar-refractivity contribution in [3.8, 4) is 0 Å². The van der Waals surface area contributed by atoms with E-state index in [1.54, 1.807) is 18.5 Å². The molecule has 0 saturated heterocycles. The number of hydrogen-bond donors (Lipinski definition) is 3. The molecule has 0 fully saturated rings. The van der Waals surface area contributed by atoms with E-state index >= 15 is 0 Å². The van der Waals surface area contributed by atoms with Crippen molar-refractivity contribution < 1.29 is 18.6 Å². The van der Waals surface area contributed by atoms with E-state index in [1.807, 2.05) is 0 Å². The predicted octanol–water partition coefficient (Wildman–Crippen LogP) is -1.64. The Morgan fingerprint density at radius 3 is 2.69 bits per heavy atom. The van der Waals surface area contributed by atoms with E-state index in [2.05, 4.69) is 9.71 Å². The summed E-state index contributed by atoms with van der Waals surface area (Å²) in [5.41, 5.74) is 0. The van der Waals surface area contributed by atoms with Crippen molar-refractivity contribution in [2.24, 2.45) is 7.05 Å². The number of aromatic nitrogens is 2. The third kappa shape index (κ3) is 3.01. The van der Waals surface area contributed by atoms with Gasteiger partial charge < -0.3 is 14.8 Å². The standard InChI is InChI=1S/C8H15N3O4S/c1-6-10-8(4-11(6)2)16(14,15)9-3-7(13)5-12/h4,7,9,12-13H,3,5H2,1-2H3. The molecule has 3 N–H and O–H groups in total. The zero-order valence-corrected chi connectivity index (χ0v) is 9.90. The SMILES string of the molecule is Cc1nc(S(=O)(=O)NCC(O)CO)cn1C. The van der Waals surface area contributed by atoms with Gasteiger partial charge in [-0.05, 0) is 6.92 Å². The summed E-state index contributed by atoms with van der Waals surface area (Å²) in [7, 11) is -2.04. The van der Waals surface area contributed by atoms with Crippen LogP contribution < -0.4 is 4.72 Å². The van der Waals surface area contributed by atoms with Gasteiger partial charge >= 0.3 is 0 Å². The highest BCUT2D eigenvalue weighted by Gasteiger charge is 2.19. The minimum Gasteiger partial charge on any atom is -0.394 e. The van der Waals surface area contributed by atoms with Gasteiger partial charge in [0.2, 0.25) is 0 Å².